The molecule has 0 bridgehead atoms. The molecule has 0 saturated carbocycles. The molecule has 1 heterocycles. The van der Waals surface area contributed by atoms with Gasteiger partial charge in [0.1, 0.15) is 0 Å². The molecule has 2 nitrogen and oxygen atoms in total. The number of rotatable bonds is 7. The van der Waals surface area contributed by atoms with E-state index in [0.29, 0.717) is 17.8 Å². The Balaban J connectivity index is 1.16. The standard InChI is InChI=1S/C29H38N2/c30-29(24-18-19-31-20-24)11-4-1-6-21-12-14-23(15-13-21)26-16-17-28(26)27-10-5-8-22-7-2-3-9-25(22)27/h1,6,12,14-17,21,24,27,30-31H,2-5,7-11,13,18-20H2/b6-1+,30-29?. The lowest BCUT2D eigenvalue weighted by molar-refractivity contribution is 0.487. The Kier molecular flexibility index (Phi) is 6.55. The van der Waals surface area contributed by atoms with Gasteiger partial charge in [-0.1, -0.05) is 53.7 Å². The zero-order chi connectivity index (χ0) is 21.0. The molecule has 0 aromatic carbocycles. The van der Waals surface area contributed by atoms with Crippen LogP contribution in [0.2, 0.25) is 0 Å². The normalized spacial score (nSPS) is 30.6. The van der Waals surface area contributed by atoms with E-state index < -0.39 is 0 Å². The first-order chi connectivity index (χ1) is 15.3. The molecule has 0 aromatic heterocycles. The molecule has 0 radical (unpaired) electrons. The third kappa shape index (κ3) is 4.65. The Hall–Kier alpha value is -1.93. The molecule has 5 aliphatic rings. The van der Waals surface area contributed by atoms with Gasteiger partial charge in [-0.15, -0.1) is 0 Å². The molecule has 1 aliphatic heterocycles. The molecule has 0 spiro atoms. The van der Waals surface area contributed by atoms with Crippen LogP contribution >= 0.6 is 0 Å². The zero-order valence-corrected chi connectivity index (χ0v) is 19.0. The van der Waals surface area contributed by atoms with E-state index in [1.165, 1.54) is 56.1 Å². The summed E-state index contributed by atoms with van der Waals surface area (Å²) in [6.45, 7) is 2.09. The van der Waals surface area contributed by atoms with E-state index >= 15 is 0 Å². The Labute approximate surface area is 188 Å². The molecule has 5 rings (SSSR count). The summed E-state index contributed by atoms with van der Waals surface area (Å²) >= 11 is 0. The van der Waals surface area contributed by atoms with Gasteiger partial charge in [-0.2, -0.15) is 0 Å². The fourth-order valence-electron chi connectivity index (χ4n) is 6.21. The number of nitrogens with one attached hydrogen (secondary N) is 2. The van der Waals surface area contributed by atoms with Gasteiger partial charge in [0, 0.05) is 24.1 Å². The van der Waals surface area contributed by atoms with Gasteiger partial charge in [0.15, 0.2) is 0 Å². The summed E-state index contributed by atoms with van der Waals surface area (Å²) in [6.07, 6.45) is 30.4. The predicted octanol–water partition coefficient (Wildman–Crippen LogP) is 6.99. The third-order valence-corrected chi connectivity index (χ3v) is 8.10. The molecule has 1 fully saturated rings. The summed E-state index contributed by atoms with van der Waals surface area (Å²) < 4.78 is 0. The predicted molar refractivity (Wildman–Crippen MR) is 131 cm³/mol. The van der Waals surface area contributed by atoms with Crippen molar-refractivity contribution >= 4 is 5.71 Å². The molecule has 0 amide bonds. The van der Waals surface area contributed by atoms with Crippen molar-refractivity contribution in [1.82, 2.24) is 5.32 Å². The Morgan fingerprint density at radius 1 is 1.06 bits per heavy atom. The van der Waals surface area contributed by atoms with Gasteiger partial charge in [-0.05, 0) is 99.8 Å². The van der Waals surface area contributed by atoms with Crippen LogP contribution in [0.3, 0.4) is 0 Å². The van der Waals surface area contributed by atoms with E-state index in [1.54, 1.807) is 5.57 Å². The van der Waals surface area contributed by atoms with Crippen molar-refractivity contribution in [2.45, 2.75) is 70.6 Å². The van der Waals surface area contributed by atoms with Crippen LogP contribution < -0.4 is 5.32 Å². The van der Waals surface area contributed by atoms with E-state index in [4.69, 9.17) is 5.41 Å². The zero-order valence-electron chi connectivity index (χ0n) is 19.0. The van der Waals surface area contributed by atoms with Crippen LogP contribution in [-0.2, 0) is 0 Å². The highest BCUT2D eigenvalue weighted by atomic mass is 14.9. The number of allylic oxidation sites excluding steroid dienone is 12. The van der Waals surface area contributed by atoms with Crippen LogP contribution in [0.1, 0.15) is 70.6 Å². The van der Waals surface area contributed by atoms with Crippen molar-refractivity contribution in [1.29, 1.82) is 5.41 Å². The monoisotopic (exact) mass is 414 g/mol. The van der Waals surface area contributed by atoms with Gasteiger partial charge in [-0.3, -0.25) is 0 Å². The Morgan fingerprint density at radius 3 is 2.74 bits per heavy atom. The molecule has 1 saturated heterocycles. The molecule has 0 aromatic rings. The fourth-order valence-corrected chi connectivity index (χ4v) is 6.21. The summed E-state index contributed by atoms with van der Waals surface area (Å²) in [7, 11) is 0. The second-order valence-electron chi connectivity index (χ2n) is 10.1. The SMILES string of the molecule is N=C(CC/C=C/C1C=CC(C2=C(C3CCCC4=C3CCCC4)C=C2)=CC1)C1CCNC1. The van der Waals surface area contributed by atoms with Gasteiger partial charge in [-0.25, -0.2) is 0 Å². The lowest BCUT2D eigenvalue weighted by atomic mass is 9.69. The van der Waals surface area contributed by atoms with Crippen LogP contribution in [0.15, 0.2) is 70.4 Å². The van der Waals surface area contributed by atoms with Gasteiger partial charge in [0.05, 0.1) is 0 Å². The average Bonchev–Trinajstić information content (AvgIpc) is 3.32. The summed E-state index contributed by atoms with van der Waals surface area (Å²) in [4.78, 5) is 0. The van der Waals surface area contributed by atoms with Crippen LogP contribution in [0.25, 0.3) is 0 Å². The molecular formula is C29H38N2. The lowest BCUT2D eigenvalue weighted by Gasteiger charge is -2.36. The summed E-state index contributed by atoms with van der Waals surface area (Å²) in [5.41, 5.74) is 9.15. The molecule has 31 heavy (non-hydrogen) atoms. The molecule has 2 N–H and O–H groups in total. The molecule has 164 valence electrons. The minimum absolute atomic E-state index is 0.482. The van der Waals surface area contributed by atoms with E-state index in [0.717, 1.165) is 44.5 Å². The molecule has 3 unspecified atom stereocenters. The van der Waals surface area contributed by atoms with Crippen molar-refractivity contribution in [3.05, 3.63) is 70.4 Å². The van der Waals surface area contributed by atoms with E-state index in [1.807, 2.05) is 11.1 Å². The minimum atomic E-state index is 0.482. The first kappa shape index (κ1) is 20.9. The lowest BCUT2D eigenvalue weighted by Crippen LogP contribution is -2.20. The van der Waals surface area contributed by atoms with Crippen LogP contribution in [0.4, 0.5) is 0 Å². The first-order valence-electron chi connectivity index (χ1n) is 12.8. The highest BCUT2D eigenvalue weighted by Gasteiger charge is 2.30. The van der Waals surface area contributed by atoms with Crippen LogP contribution in [0.5, 0.6) is 0 Å². The topological polar surface area (TPSA) is 35.9 Å². The third-order valence-electron chi connectivity index (χ3n) is 8.10. The molecule has 4 aliphatic carbocycles. The summed E-state index contributed by atoms with van der Waals surface area (Å²) in [5.74, 6) is 1.71. The minimum Gasteiger partial charge on any atom is -0.316 e. The van der Waals surface area contributed by atoms with Gasteiger partial charge in [0.2, 0.25) is 0 Å². The summed E-state index contributed by atoms with van der Waals surface area (Å²) in [5, 5.41) is 11.6. The second kappa shape index (κ2) is 9.69. The van der Waals surface area contributed by atoms with Gasteiger partial charge >= 0.3 is 0 Å². The maximum Gasteiger partial charge on any atom is 0.0136 e. The van der Waals surface area contributed by atoms with Gasteiger partial charge < -0.3 is 10.7 Å². The summed E-state index contributed by atoms with van der Waals surface area (Å²) in [6, 6.07) is 0. The van der Waals surface area contributed by atoms with E-state index in [2.05, 4.69) is 47.8 Å². The molecule has 3 atom stereocenters. The molecule has 2 heteroatoms. The van der Waals surface area contributed by atoms with Crippen LogP contribution in [-0.4, -0.2) is 18.8 Å². The number of hydrogen-bond donors (Lipinski definition) is 2. The smallest absolute Gasteiger partial charge is 0.0136 e. The van der Waals surface area contributed by atoms with Crippen molar-refractivity contribution in [2.75, 3.05) is 13.1 Å². The van der Waals surface area contributed by atoms with Crippen molar-refractivity contribution in [2.24, 2.45) is 17.8 Å². The van der Waals surface area contributed by atoms with Crippen molar-refractivity contribution < 1.29 is 0 Å². The second-order valence-corrected chi connectivity index (χ2v) is 10.1. The largest absolute Gasteiger partial charge is 0.316 e. The van der Waals surface area contributed by atoms with Crippen LogP contribution in [0, 0.1) is 23.2 Å². The van der Waals surface area contributed by atoms with Crippen molar-refractivity contribution in [3.63, 3.8) is 0 Å². The van der Waals surface area contributed by atoms with E-state index in [-0.39, 0.29) is 0 Å². The van der Waals surface area contributed by atoms with E-state index in [9.17, 15) is 0 Å². The highest BCUT2D eigenvalue weighted by molar-refractivity contribution is 5.84. The maximum absolute atomic E-state index is 8.26. The maximum atomic E-state index is 8.26. The fraction of sp³-hybridized carbons (Fsp3) is 0.552. The Morgan fingerprint density at radius 2 is 1.97 bits per heavy atom. The Bertz CT molecular complexity index is 882. The quantitative estimate of drug-likeness (QED) is 0.342. The van der Waals surface area contributed by atoms with Crippen molar-refractivity contribution in [3.8, 4) is 0 Å². The molecular weight excluding hydrogens is 376 g/mol. The first-order valence-corrected chi connectivity index (χ1v) is 12.8. The highest BCUT2D eigenvalue weighted by Crippen LogP contribution is 2.46. The average molecular weight is 415 g/mol. The number of hydrogen-bond acceptors (Lipinski definition) is 2. The van der Waals surface area contributed by atoms with Gasteiger partial charge in [0.25, 0.3) is 0 Å².